The van der Waals surface area contributed by atoms with E-state index in [9.17, 15) is 0 Å². The van der Waals surface area contributed by atoms with E-state index in [4.69, 9.17) is 14.6 Å². The molecule has 27 heavy (non-hydrogen) atoms. The summed E-state index contributed by atoms with van der Waals surface area (Å²) in [7, 11) is 1.70. The molecule has 0 amide bonds. The smallest absolute Gasteiger partial charge is 0.154 e. The van der Waals surface area contributed by atoms with Crippen molar-refractivity contribution in [3.63, 3.8) is 0 Å². The minimum atomic E-state index is 0.348. The van der Waals surface area contributed by atoms with Crippen molar-refractivity contribution in [1.29, 1.82) is 0 Å². The molecule has 4 rings (SSSR count). The molecule has 3 aromatic heterocycles. The molecule has 7 nitrogen and oxygen atoms in total. The number of pyridine rings is 1. The fraction of sp³-hybridized carbons (Fsp3) is 0.450. The van der Waals surface area contributed by atoms with Crippen LogP contribution >= 0.6 is 0 Å². The second-order valence-electron chi connectivity index (χ2n) is 6.85. The highest BCUT2D eigenvalue weighted by Crippen LogP contribution is 2.25. The van der Waals surface area contributed by atoms with Crippen LogP contribution in [0.2, 0.25) is 0 Å². The van der Waals surface area contributed by atoms with Gasteiger partial charge < -0.3 is 14.8 Å². The van der Waals surface area contributed by atoms with Crippen molar-refractivity contribution in [3.8, 4) is 11.3 Å². The van der Waals surface area contributed by atoms with E-state index in [-0.39, 0.29) is 0 Å². The van der Waals surface area contributed by atoms with Gasteiger partial charge in [-0.3, -0.25) is 4.98 Å². The van der Waals surface area contributed by atoms with E-state index in [0.717, 1.165) is 48.4 Å². The largest absolute Gasteiger partial charge is 0.382 e. The van der Waals surface area contributed by atoms with Crippen LogP contribution in [-0.4, -0.2) is 52.1 Å². The molecule has 0 saturated heterocycles. The number of rotatable bonds is 7. The van der Waals surface area contributed by atoms with Crippen molar-refractivity contribution >= 4 is 11.5 Å². The molecule has 0 aliphatic heterocycles. The number of imidazole rings is 1. The van der Waals surface area contributed by atoms with Crippen molar-refractivity contribution < 1.29 is 9.47 Å². The Bertz CT molecular complexity index is 859. The van der Waals surface area contributed by atoms with E-state index in [2.05, 4.69) is 15.3 Å². The predicted molar refractivity (Wildman–Crippen MR) is 104 cm³/mol. The third-order valence-corrected chi connectivity index (χ3v) is 5.01. The predicted octanol–water partition coefficient (Wildman–Crippen LogP) is 3.18. The standard InChI is InChI=1S/C20H25N5O2/c1-26-12-13-27-17-4-2-16(3-5-17)23-19-6-7-20-22-14-18(25(20)24-19)15-8-10-21-11-9-15/h6-11,14,16-17H,2-5,12-13H2,1H3,(H,23,24). The van der Waals surface area contributed by atoms with Crippen LogP contribution in [0.5, 0.6) is 0 Å². The minimum Gasteiger partial charge on any atom is -0.382 e. The molecule has 3 heterocycles. The molecule has 1 aliphatic rings. The molecular formula is C20H25N5O2. The van der Waals surface area contributed by atoms with Gasteiger partial charge in [-0.15, -0.1) is 5.10 Å². The molecule has 0 radical (unpaired) electrons. The SMILES string of the molecule is COCCOC1CCC(Nc2ccc3ncc(-c4ccncc4)n3n2)CC1. The Balaban J connectivity index is 1.41. The molecule has 1 saturated carbocycles. The first-order valence-electron chi connectivity index (χ1n) is 9.46. The number of nitrogens with one attached hydrogen (secondary N) is 1. The Kier molecular flexibility index (Phi) is 5.60. The zero-order chi connectivity index (χ0) is 18.5. The Labute approximate surface area is 158 Å². The first-order chi connectivity index (χ1) is 13.3. The third kappa shape index (κ3) is 4.26. The van der Waals surface area contributed by atoms with Crippen molar-refractivity contribution in [1.82, 2.24) is 19.6 Å². The molecule has 0 unspecified atom stereocenters. The maximum atomic E-state index is 5.85. The van der Waals surface area contributed by atoms with Crippen LogP contribution in [0, 0.1) is 0 Å². The normalized spacial score (nSPS) is 20.0. The summed E-state index contributed by atoms with van der Waals surface area (Å²) in [6.45, 7) is 1.34. The summed E-state index contributed by atoms with van der Waals surface area (Å²) in [6, 6.07) is 8.36. The van der Waals surface area contributed by atoms with Gasteiger partial charge in [0.15, 0.2) is 5.65 Å². The number of aromatic nitrogens is 4. The number of ether oxygens (including phenoxy) is 2. The van der Waals surface area contributed by atoms with Gasteiger partial charge in [0.2, 0.25) is 0 Å². The van der Waals surface area contributed by atoms with Crippen molar-refractivity contribution in [3.05, 3.63) is 42.9 Å². The first-order valence-corrected chi connectivity index (χ1v) is 9.46. The van der Waals surface area contributed by atoms with Crippen LogP contribution in [0.15, 0.2) is 42.9 Å². The summed E-state index contributed by atoms with van der Waals surface area (Å²) < 4.78 is 12.8. The van der Waals surface area contributed by atoms with Crippen molar-refractivity contribution in [2.45, 2.75) is 37.8 Å². The van der Waals surface area contributed by atoms with Crippen LogP contribution < -0.4 is 5.32 Å². The zero-order valence-electron chi connectivity index (χ0n) is 15.5. The van der Waals surface area contributed by atoms with Gasteiger partial charge in [0.25, 0.3) is 0 Å². The molecule has 0 bridgehead atoms. The van der Waals surface area contributed by atoms with Crippen LogP contribution in [0.3, 0.4) is 0 Å². The van der Waals surface area contributed by atoms with E-state index >= 15 is 0 Å². The number of methoxy groups -OCH3 is 1. The van der Waals surface area contributed by atoms with E-state index in [1.165, 1.54) is 0 Å². The van der Waals surface area contributed by atoms with Gasteiger partial charge in [-0.25, -0.2) is 9.50 Å². The summed E-state index contributed by atoms with van der Waals surface area (Å²) >= 11 is 0. The van der Waals surface area contributed by atoms with E-state index in [0.29, 0.717) is 25.4 Å². The monoisotopic (exact) mass is 367 g/mol. The molecule has 0 aromatic carbocycles. The lowest BCUT2D eigenvalue weighted by Gasteiger charge is -2.29. The summed E-state index contributed by atoms with van der Waals surface area (Å²) in [4.78, 5) is 8.53. The van der Waals surface area contributed by atoms with Crippen molar-refractivity contribution in [2.24, 2.45) is 0 Å². The van der Waals surface area contributed by atoms with Crippen LogP contribution in [0.25, 0.3) is 16.9 Å². The number of nitrogens with zero attached hydrogens (tertiary/aromatic N) is 4. The Hall–Kier alpha value is -2.51. The summed E-state index contributed by atoms with van der Waals surface area (Å²) in [5.41, 5.74) is 2.85. The summed E-state index contributed by atoms with van der Waals surface area (Å²) in [5, 5.41) is 8.34. The zero-order valence-corrected chi connectivity index (χ0v) is 15.5. The topological polar surface area (TPSA) is 73.6 Å². The maximum Gasteiger partial charge on any atom is 0.154 e. The molecule has 0 atom stereocenters. The number of anilines is 1. The van der Waals surface area contributed by atoms with Crippen molar-refractivity contribution in [2.75, 3.05) is 25.6 Å². The average Bonchev–Trinajstić information content (AvgIpc) is 3.13. The van der Waals surface area contributed by atoms with Gasteiger partial charge >= 0.3 is 0 Å². The fourth-order valence-electron chi connectivity index (χ4n) is 3.55. The second-order valence-corrected chi connectivity index (χ2v) is 6.85. The van der Waals surface area contributed by atoms with E-state index in [1.54, 1.807) is 19.5 Å². The van der Waals surface area contributed by atoms with Crippen LogP contribution in [0.4, 0.5) is 5.82 Å². The van der Waals surface area contributed by atoms with Crippen LogP contribution in [-0.2, 0) is 9.47 Å². The summed E-state index contributed by atoms with van der Waals surface area (Å²) in [5.74, 6) is 0.875. The van der Waals surface area contributed by atoms with Crippen LogP contribution in [0.1, 0.15) is 25.7 Å². The van der Waals surface area contributed by atoms with Gasteiger partial charge in [0.1, 0.15) is 5.82 Å². The molecule has 7 heteroatoms. The fourth-order valence-corrected chi connectivity index (χ4v) is 3.55. The summed E-state index contributed by atoms with van der Waals surface area (Å²) in [6.07, 6.45) is 10.1. The van der Waals surface area contributed by atoms with Gasteiger partial charge in [0, 0.05) is 31.1 Å². The van der Waals surface area contributed by atoms with Gasteiger partial charge in [0.05, 0.1) is 31.2 Å². The molecule has 3 aromatic rings. The van der Waals surface area contributed by atoms with Gasteiger partial charge in [-0.2, -0.15) is 0 Å². The van der Waals surface area contributed by atoms with Gasteiger partial charge in [-0.1, -0.05) is 0 Å². The highest BCUT2D eigenvalue weighted by Gasteiger charge is 2.22. The molecule has 0 spiro atoms. The Morgan fingerprint density at radius 1 is 1.07 bits per heavy atom. The number of hydrogen-bond donors (Lipinski definition) is 1. The molecule has 1 fully saturated rings. The maximum absolute atomic E-state index is 5.85. The Morgan fingerprint density at radius 3 is 2.67 bits per heavy atom. The number of fused-ring (bicyclic) bond motifs is 1. The molecule has 142 valence electrons. The highest BCUT2D eigenvalue weighted by molar-refractivity contribution is 5.63. The molecule has 1 N–H and O–H groups in total. The lowest BCUT2D eigenvalue weighted by Crippen LogP contribution is -2.30. The first kappa shape index (κ1) is 17.9. The van der Waals surface area contributed by atoms with E-state index < -0.39 is 0 Å². The van der Waals surface area contributed by atoms with Gasteiger partial charge in [-0.05, 0) is 49.9 Å². The average molecular weight is 367 g/mol. The quantitative estimate of drug-likeness (QED) is 0.647. The second kappa shape index (κ2) is 8.45. The number of hydrogen-bond acceptors (Lipinski definition) is 6. The lowest BCUT2D eigenvalue weighted by molar-refractivity contribution is -0.00156. The molecular weight excluding hydrogens is 342 g/mol. The Morgan fingerprint density at radius 2 is 1.89 bits per heavy atom. The minimum absolute atomic E-state index is 0.348. The van der Waals surface area contributed by atoms with E-state index in [1.807, 2.05) is 35.0 Å². The lowest BCUT2D eigenvalue weighted by atomic mass is 9.93. The molecule has 1 aliphatic carbocycles. The highest BCUT2D eigenvalue weighted by atomic mass is 16.5. The third-order valence-electron chi connectivity index (χ3n) is 5.01.